The van der Waals surface area contributed by atoms with Crippen LogP contribution in [0.1, 0.15) is 25.8 Å². The third-order valence-corrected chi connectivity index (χ3v) is 4.38. The molecule has 1 heterocycles. The molecular formula is C17H24N2O3. The summed E-state index contributed by atoms with van der Waals surface area (Å²) in [5.74, 6) is -1.05. The first-order valence-electron chi connectivity index (χ1n) is 7.73. The topological polar surface area (TPSA) is 69.6 Å². The zero-order valence-corrected chi connectivity index (χ0v) is 13.4. The van der Waals surface area contributed by atoms with Crippen molar-refractivity contribution in [2.24, 2.45) is 11.8 Å². The van der Waals surface area contributed by atoms with Crippen molar-refractivity contribution in [3.63, 3.8) is 0 Å². The van der Waals surface area contributed by atoms with Crippen LogP contribution < -0.4 is 10.2 Å². The summed E-state index contributed by atoms with van der Waals surface area (Å²) in [6.07, 6.45) is 0.527. The van der Waals surface area contributed by atoms with E-state index < -0.39 is 5.92 Å². The Labute approximate surface area is 131 Å². The number of aliphatic hydroxyl groups excluding tert-OH is 1. The Bertz CT molecular complexity index is 541. The van der Waals surface area contributed by atoms with Crippen LogP contribution in [0.4, 0.5) is 5.69 Å². The number of hydrogen-bond donors (Lipinski definition) is 2. The van der Waals surface area contributed by atoms with Crippen molar-refractivity contribution in [1.29, 1.82) is 0 Å². The van der Waals surface area contributed by atoms with Gasteiger partial charge in [0, 0.05) is 24.9 Å². The Balaban J connectivity index is 2.01. The van der Waals surface area contributed by atoms with Crippen LogP contribution in [-0.2, 0) is 9.59 Å². The highest BCUT2D eigenvalue weighted by Crippen LogP contribution is 2.25. The Kier molecular flexibility index (Phi) is 5.19. The van der Waals surface area contributed by atoms with Gasteiger partial charge in [-0.15, -0.1) is 0 Å². The smallest absolute Gasteiger partial charge is 0.239 e. The number of benzene rings is 1. The van der Waals surface area contributed by atoms with Crippen molar-refractivity contribution in [1.82, 2.24) is 5.32 Å². The molecule has 1 saturated heterocycles. The molecule has 0 saturated carbocycles. The molecule has 0 aromatic heterocycles. The van der Waals surface area contributed by atoms with Gasteiger partial charge in [-0.3, -0.25) is 9.59 Å². The zero-order valence-electron chi connectivity index (χ0n) is 13.4. The number of hydrogen-bond acceptors (Lipinski definition) is 3. The number of carbonyl (C=O) groups excluding carboxylic acids is 2. The minimum atomic E-state index is -0.630. The predicted octanol–water partition coefficient (Wildman–Crippen LogP) is 1.48. The van der Waals surface area contributed by atoms with Gasteiger partial charge in [0.1, 0.15) is 5.92 Å². The molecule has 5 nitrogen and oxygen atoms in total. The van der Waals surface area contributed by atoms with Crippen molar-refractivity contribution >= 4 is 17.5 Å². The maximum Gasteiger partial charge on any atom is 0.239 e. The molecule has 5 heteroatoms. The molecule has 2 amide bonds. The van der Waals surface area contributed by atoms with E-state index in [9.17, 15) is 9.59 Å². The van der Waals surface area contributed by atoms with Crippen LogP contribution in [0.25, 0.3) is 0 Å². The summed E-state index contributed by atoms with van der Waals surface area (Å²) in [4.78, 5) is 26.4. The van der Waals surface area contributed by atoms with Gasteiger partial charge in [-0.1, -0.05) is 24.6 Å². The van der Waals surface area contributed by atoms with Crippen LogP contribution in [-0.4, -0.2) is 36.1 Å². The maximum atomic E-state index is 12.5. The highest BCUT2D eigenvalue weighted by Gasteiger charge is 2.38. The van der Waals surface area contributed by atoms with E-state index in [-0.39, 0.29) is 30.4 Å². The molecule has 0 spiro atoms. The fourth-order valence-electron chi connectivity index (χ4n) is 2.53. The average molecular weight is 304 g/mol. The van der Waals surface area contributed by atoms with Crippen LogP contribution in [0.3, 0.4) is 0 Å². The third-order valence-electron chi connectivity index (χ3n) is 4.38. The number of rotatable bonds is 5. The molecule has 1 aliphatic rings. The summed E-state index contributed by atoms with van der Waals surface area (Å²) in [6, 6.07) is 7.58. The number of nitrogens with one attached hydrogen (secondary N) is 1. The number of amides is 2. The lowest BCUT2D eigenvalue weighted by atomic mass is 10.0. The van der Waals surface area contributed by atoms with Crippen molar-refractivity contribution in [3.05, 3.63) is 29.8 Å². The minimum absolute atomic E-state index is 0.00948. The van der Waals surface area contributed by atoms with Gasteiger partial charge in [-0.2, -0.15) is 0 Å². The summed E-state index contributed by atoms with van der Waals surface area (Å²) in [5.41, 5.74) is 1.97. The number of anilines is 1. The fourth-order valence-corrected chi connectivity index (χ4v) is 2.53. The second-order valence-corrected chi connectivity index (χ2v) is 6.12. The van der Waals surface area contributed by atoms with Crippen molar-refractivity contribution in [3.8, 4) is 0 Å². The zero-order chi connectivity index (χ0) is 16.3. The molecule has 1 aromatic rings. The van der Waals surface area contributed by atoms with E-state index in [2.05, 4.69) is 5.32 Å². The fraction of sp³-hybridized carbons (Fsp3) is 0.529. The average Bonchev–Trinajstić information content (AvgIpc) is 2.89. The lowest BCUT2D eigenvalue weighted by Crippen LogP contribution is -2.43. The standard InChI is InChI=1S/C17H24N2O3/c1-11-4-6-14(7-5-11)19-9-8-15(17(19)22)16(21)18-13(3)12(2)10-20/h4-7,12-13,15,20H,8-10H2,1-3H3,(H,18,21). The van der Waals surface area contributed by atoms with Crippen molar-refractivity contribution in [2.45, 2.75) is 33.2 Å². The maximum absolute atomic E-state index is 12.5. The SMILES string of the molecule is Cc1ccc(N2CCC(C(=O)NC(C)C(C)CO)C2=O)cc1. The molecule has 3 atom stereocenters. The molecule has 120 valence electrons. The Hall–Kier alpha value is -1.88. The molecule has 0 radical (unpaired) electrons. The van der Waals surface area contributed by atoms with E-state index in [1.54, 1.807) is 4.90 Å². The number of carbonyl (C=O) groups is 2. The van der Waals surface area contributed by atoms with Crippen molar-refractivity contribution in [2.75, 3.05) is 18.1 Å². The lowest BCUT2D eigenvalue weighted by Gasteiger charge is -2.21. The molecule has 0 aliphatic carbocycles. The van der Waals surface area contributed by atoms with Gasteiger partial charge < -0.3 is 15.3 Å². The Morgan fingerprint density at radius 3 is 2.59 bits per heavy atom. The van der Waals surface area contributed by atoms with E-state index in [4.69, 9.17) is 5.11 Å². The normalized spacial score (nSPS) is 20.8. The molecule has 2 N–H and O–H groups in total. The quantitative estimate of drug-likeness (QED) is 0.810. The van der Waals surface area contributed by atoms with E-state index in [0.717, 1.165) is 11.3 Å². The molecule has 3 unspecified atom stereocenters. The monoisotopic (exact) mass is 304 g/mol. The van der Waals surface area contributed by atoms with Crippen LogP contribution in [0.2, 0.25) is 0 Å². The van der Waals surface area contributed by atoms with Gasteiger partial charge in [0.2, 0.25) is 11.8 Å². The van der Waals surface area contributed by atoms with E-state index >= 15 is 0 Å². The first-order valence-corrected chi connectivity index (χ1v) is 7.73. The number of nitrogens with zero attached hydrogens (tertiary/aromatic N) is 1. The van der Waals surface area contributed by atoms with Gasteiger partial charge >= 0.3 is 0 Å². The first kappa shape index (κ1) is 16.5. The molecule has 1 aliphatic heterocycles. The molecular weight excluding hydrogens is 280 g/mol. The molecule has 22 heavy (non-hydrogen) atoms. The molecule has 1 aromatic carbocycles. The van der Waals surface area contributed by atoms with Gasteiger partial charge in [-0.05, 0) is 38.3 Å². The molecule has 0 bridgehead atoms. The predicted molar refractivity (Wildman–Crippen MR) is 85.5 cm³/mol. The van der Waals surface area contributed by atoms with E-state index in [0.29, 0.717) is 13.0 Å². The largest absolute Gasteiger partial charge is 0.396 e. The number of aryl methyl sites for hydroxylation is 1. The minimum Gasteiger partial charge on any atom is -0.396 e. The summed E-state index contributed by atoms with van der Waals surface area (Å²) in [7, 11) is 0. The van der Waals surface area contributed by atoms with Crippen LogP contribution in [0.5, 0.6) is 0 Å². The number of aliphatic hydroxyl groups is 1. The second-order valence-electron chi connectivity index (χ2n) is 6.12. The molecule has 2 rings (SSSR count). The third kappa shape index (κ3) is 3.47. The van der Waals surface area contributed by atoms with E-state index in [1.165, 1.54) is 0 Å². The second kappa shape index (κ2) is 6.92. The highest BCUT2D eigenvalue weighted by atomic mass is 16.3. The van der Waals surface area contributed by atoms with Gasteiger partial charge in [0.15, 0.2) is 0 Å². The van der Waals surface area contributed by atoms with Gasteiger partial charge in [0.25, 0.3) is 0 Å². The van der Waals surface area contributed by atoms with Gasteiger partial charge in [0.05, 0.1) is 0 Å². The Morgan fingerprint density at radius 2 is 2.00 bits per heavy atom. The van der Waals surface area contributed by atoms with Crippen molar-refractivity contribution < 1.29 is 14.7 Å². The first-order chi connectivity index (χ1) is 10.4. The highest BCUT2D eigenvalue weighted by molar-refractivity contribution is 6.09. The van der Waals surface area contributed by atoms with Gasteiger partial charge in [-0.25, -0.2) is 0 Å². The summed E-state index contributed by atoms with van der Waals surface area (Å²) in [6.45, 7) is 6.27. The van der Waals surface area contributed by atoms with Crippen LogP contribution in [0, 0.1) is 18.8 Å². The van der Waals surface area contributed by atoms with Crippen LogP contribution in [0.15, 0.2) is 24.3 Å². The summed E-state index contributed by atoms with van der Waals surface area (Å²) < 4.78 is 0. The summed E-state index contributed by atoms with van der Waals surface area (Å²) in [5, 5.41) is 12.0. The molecule has 1 fully saturated rings. The Morgan fingerprint density at radius 1 is 1.36 bits per heavy atom. The van der Waals surface area contributed by atoms with Crippen LogP contribution >= 0.6 is 0 Å². The lowest BCUT2D eigenvalue weighted by molar-refractivity contribution is -0.132. The summed E-state index contributed by atoms with van der Waals surface area (Å²) >= 11 is 0. The van der Waals surface area contributed by atoms with E-state index in [1.807, 2.05) is 45.0 Å².